The van der Waals surface area contributed by atoms with Gasteiger partial charge in [-0.1, -0.05) is 32.0 Å². The average molecular weight is 351 g/mol. The maximum Gasteiger partial charge on any atom is 0.270 e. The van der Waals surface area contributed by atoms with Gasteiger partial charge in [0.05, 0.1) is 0 Å². The van der Waals surface area contributed by atoms with E-state index in [0.717, 1.165) is 18.5 Å². The first-order chi connectivity index (χ1) is 12.5. The number of aromatic amines is 1. The molecule has 0 atom stereocenters. The molecule has 6 heteroatoms. The third-order valence-electron chi connectivity index (χ3n) is 4.12. The summed E-state index contributed by atoms with van der Waals surface area (Å²) in [6.45, 7) is 7.40. The summed E-state index contributed by atoms with van der Waals surface area (Å²) < 4.78 is 0. The Labute approximate surface area is 153 Å². The Balaban J connectivity index is 1.61. The second kappa shape index (κ2) is 7.99. The van der Waals surface area contributed by atoms with E-state index in [2.05, 4.69) is 45.5 Å². The van der Waals surface area contributed by atoms with E-state index in [9.17, 15) is 4.79 Å². The predicted molar refractivity (Wildman–Crippen MR) is 104 cm³/mol. The van der Waals surface area contributed by atoms with Crippen molar-refractivity contribution in [3.8, 4) is 0 Å². The lowest BCUT2D eigenvalue weighted by molar-refractivity contribution is 0.0949. The molecule has 3 N–H and O–H groups in total. The Morgan fingerprint density at radius 2 is 2.04 bits per heavy atom. The smallest absolute Gasteiger partial charge is 0.270 e. The molecule has 3 aromatic rings. The van der Waals surface area contributed by atoms with Crippen LogP contribution in [0.15, 0.2) is 36.5 Å². The van der Waals surface area contributed by atoms with Crippen molar-refractivity contribution in [2.24, 2.45) is 5.92 Å². The molecule has 1 amide bonds. The maximum absolute atomic E-state index is 12.4. The zero-order chi connectivity index (χ0) is 18.5. The van der Waals surface area contributed by atoms with Gasteiger partial charge in [0.1, 0.15) is 17.3 Å². The zero-order valence-corrected chi connectivity index (χ0v) is 15.5. The molecular weight excluding hydrogens is 326 g/mol. The Morgan fingerprint density at radius 3 is 2.85 bits per heavy atom. The van der Waals surface area contributed by atoms with E-state index < -0.39 is 0 Å². The number of aryl methyl sites for hydroxylation is 1. The summed E-state index contributed by atoms with van der Waals surface area (Å²) >= 11 is 0. The molecule has 1 aromatic carbocycles. The minimum atomic E-state index is -0.178. The summed E-state index contributed by atoms with van der Waals surface area (Å²) in [7, 11) is 0. The van der Waals surface area contributed by atoms with Gasteiger partial charge in [0, 0.05) is 36.3 Å². The van der Waals surface area contributed by atoms with Crippen molar-refractivity contribution in [3.05, 3.63) is 53.6 Å². The normalized spacial score (nSPS) is 11.1. The number of hydrogen-bond donors (Lipinski definition) is 3. The van der Waals surface area contributed by atoms with E-state index in [1.54, 1.807) is 13.0 Å². The molecule has 2 aromatic heterocycles. The predicted octanol–water partition coefficient (Wildman–Crippen LogP) is 3.31. The van der Waals surface area contributed by atoms with Gasteiger partial charge in [0.25, 0.3) is 5.91 Å². The second-order valence-corrected chi connectivity index (χ2v) is 6.83. The van der Waals surface area contributed by atoms with Crippen LogP contribution in [0.25, 0.3) is 10.9 Å². The SMILES string of the molecule is Cc1nc(NCC(C)C)cc(C(=O)NCCc2c[nH]c3ccccc23)n1. The van der Waals surface area contributed by atoms with Crippen LogP contribution in [0.4, 0.5) is 5.82 Å². The topological polar surface area (TPSA) is 82.7 Å². The molecule has 0 unspecified atom stereocenters. The molecule has 0 aliphatic carbocycles. The molecule has 0 aliphatic rings. The number of hydrogen-bond acceptors (Lipinski definition) is 4. The lowest BCUT2D eigenvalue weighted by atomic mass is 10.1. The van der Waals surface area contributed by atoms with Gasteiger partial charge in [0.15, 0.2) is 0 Å². The molecule has 0 aliphatic heterocycles. The first-order valence-corrected chi connectivity index (χ1v) is 8.95. The van der Waals surface area contributed by atoms with Crippen LogP contribution in [0, 0.1) is 12.8 Å². The van der Waals surface area contributed by atoms with Gasteiger partial charge in [-0.25, -0.2) is 9.97 Å². The fraction of sp³-hybridized carbons (Fsp3) is 0.350. The second-order valence-electron chi connectivity index (χ2n) is 6.83. The number of benzene rings is 1. The summed E-state index contributed by atoms with van der Waals surface area (Å²) in [4.78, 5) is 24.3. The summed E-state index contributed by atoms with van der Waals surface area (Å²) in [5.41, 5.74) is 2.70. The van der Waals surface area contributed by atoms with E-state index in [1.165, 1.54) is 10.9 Å². The highest BCUT2D eigenvalue weighted by Gasteiger charge is 2.11. The molecule has 26 heavy (non-hydrogen) atoms. The number of nitrogens with zero attached hydrogens (tertiary/aromatic N) is 2. The molecule has 0 fully saturated rings. The minimum absolute atomic E-state index is 0.178. The van der Waals surface area contributed by atoms with Crippen LogP contribution < -0.4 is 10.6 Å². The van der Waals surface area contributed by atoms with Gasteiger partial charge >= 0.3 is 0 Å². The van der Waals surface area contributed by atoms with E-state index in [1.807, 2.05) is 24.4 Å². The Morgan fingerprint density at radius 1 is 1.23 bits per heavy atom. The van der Waals surface area contributed by atoms with E-state index in [0.29, 0.717) is 29.8 Å². The summed E-state index contributed by atoms with van der Waals surface area (Å²) in [5, 5.41) is 7.39. The van der Waals surface area contributed by atoms with Crippen molar-refractivity contribution >= 4 is 22.6 Å². The number of carbonyl (C=O) groups is 1. The molecule has 0 radical (unpaired) electrons. The van der Waals surface area contributed by atoms with Crippen LogP contribution in [0.1, 0.15) is 35.7 Å². The van der Waals surface area contributed by atoms with Crippen molar-refractivity contribution in [1.29, 1.82) is 0 Å². The average Bonchev–Trinajstić information content (AvgIpc) is 3.03. The van der Waals surface area contributed by atoms with Crippen molar-refractivity contribution in [2.75, 3.05) is 18.4 Å². The number of nitrogens with one attached hydrogen (secondary N) is 3. The Kier molecular flexibility index (Phi) is 5.51. The number of carbonyl (C=O) groups excluding carboxylic acids is 1. The molecule has 2 heterocycles. The fourth-order valence-corrected chi connectivity index (χ4v) is 2.82. The third kappa shape index (κ3) is 4.39. The van der Waals surface area contributed by atoms with Crippen LogP contribution in [-0.4, -0.2) is 33.9 Å². The highest BCUT2D eigenvalue weighted by atomic mass is 16.1. The molecule has 136 valence electrons. The molecule has 3 rings (SSSR count). The zero-order valence-electron chi connectivity index (χ0n) is 15.5. The van der Waals surface area contributed by atoms with Crippen LogP contribution in [-0.2, 0) is 6.42 Å². The van der Waals surface area contributed by atoms with Gasteiger partial charge in [-0.05, 0) is 30.9 Å². The number of anilines is 1. The first-order valence-electron chi connectivity index (χ1n) is 8.95. The summed E-state index contributed by atoms with van der Waals surface area (Å²) in [6.07, 6.45) is 2.76. The molecule has 0 saturated heterocycles. The fourth-order valence-electron chi connectivity index (χ4n) is 2.82. The van der Waals surface area contributed by atoms with Crippen LogP contribution in [0.2, 0.25) is 0 Å². The maximum atomic E-state index is 12.4. The van der Waals surface area contributed by atoms with Crippen LogP contribution in [0.3, 0.4) is 0 Å². The monoisotopic (exact) mass is 351 g/mol. The van der Waals surface area contributed by atoms with Crippen molar-refractivity contribution in [2.45, 2.75) is 27.2 Å². The van der Waals surface area contributed by atoms with Crippen molar-refractivity contribution in [3.63, 3.8) is 0 Å². The molecule has 0 bridgehead atoms. The van der Waals surface area contributed by atoms with Crippen LogP contribution >= 0.6 is 0 Å². The number of H-pyrrole nitrogens is 1. The van der Waals surface area contributed by atoms with E-state index in [4.69, 9.17) is 0 Å². The molecule has 6 nitrogen and oxygen atoms in total. The lowest BCUT2D eigenvalue weighted by Gasteiger charge is -2.10. The summed E-state index contributed by atoms with van der Waals surface area (Å²) in [5.74, 6) is 1.59. The van der Waals surface area contributed by atoms with Gasteiger partial charge in [0.2, 0.25) is 0 Å². The van der Waals surface area contributed by atoms with E-state index >= 15 is 0 Å². The van der Waals surface area contributed by atoms with Gasteiger partial charge < -0.3 is 15.6 Å². The van der Waals surface area contributed by atoms with Crippen molar-refractivity contribution in [1.82, 2.24) is 20.3 Å². The Bertz CT molecular complexity index is 900. The summed E-state index contributed by atoms with van der Waals surface area (Å²) in [6, 6.07) is 9.87. The number of para-hydroxylation sites is 1. The Hall–Kier alpha value is -2.89. The van der Waals surface area contributed by atoms with E-state index in [-0.39, 0.29) is 5.91 Å². The number of rotatable bonds is 7. The molecular formula is C20H25N5O. The lowest BCUT2D eigenvalue weighted by Crippen LogP contribution is -2.27. The van der Waals surface area contributed by atoms with Gasteiger partial charge in [-0.2, -0.15) is 0 Å². The quantitative estimate of drug-likeness (QED) is 0.610. The number of fused-ring (bicyclic) bond motifs is 1. The van der Waals surface area contributed by atoms with Crippen LogP contribution in [0.5, 0.6) is 0 Å². The van der Waals surface area contributed by atoms with Gasteiger partial charge in [-0.3, -0.25) is 4.79 Å². The third-order valence-corrected chi connectivity index (χ3v) is 4.12. The highest BCUT2D eigenvalue weighted by Crippen LogP contribution is 2.17. The highest BCUT2D eigenvalue weighted by molar-refractivity contribution is 5.93. The minimum Gasteiger partial charge on any atom is -0.370 e. The molecule has 0 spiro atoms. The standard InChI is InChI=1S/C20H25N5O/c1-13(2)11-23-19-10-18(24-14(3)25-19)20(26)21-9-8-15-12-22-17-7-5-4-6-16(15)17/h4-7,10,12-13,22H,8-9,11H2,1-3H3,(H,21,26)(H,23,24,25). The number of aromatic nitrogens is 3. The molecule has 0 saturated carbocycles. The largest absolute Gasteiger partial charge is 0.370 e. The first kappa shape index (κ1) is 17.9. The number of amides is 1. The van der Waals surface area contributed by atoms with Gasteiger partial charge in [-0.15, -0.1) is 0 Å². The van der Waals surface area contributed by atoms with Crippen molar-refractivity contribution < 1.29 is 4.79 Å².